The van der Waals surface area contributed by atoms with Crippen molar-refractivity contribution in [2.45, 2.75) is 102 Å². The fourth-order valence-electron chi connectivity index (χ4n) is 8.61. The molecule has 5 heterocycles. The second-order valence-electron chi connectivity index (χ2n) is 15.7. The number of carbonyl (C=O) groups is 1. The summed E-state index contributed by atoms with van der Waals surface area (Å²) in [7, 11) is 0. The van der Waals surface area contributed by atoms with Crippen LogP contribution in [-0.2, 0) is 11.3 Å². The number of amides is 1. The molecule has 0 radical (unpaired) electrons. The highest BCUT2D eigenvalue weighted by Gasteiger charge is 2.47. The Hall–Kier alpha value is -5.45. The number of halogens is 1. The van der Waals surface area contributed by atoms with Crippen LogP contribution in [0.5, 0.6) is 11.8 Å². The summed E-state index contributed by atoms with van der Waals surface area (Å²) < 4.78 is 37.5. The van der Waals surface area contributed by atoms with Gasteiger partial charge < -0.3 is 34.2 Å². The lowest BCUT2D eigenvalue weighted by atomic mass is 9.88. The molecule has 56 heavy (non-hydrogen) atoms. The minimum absolute atomic E-state index is 0.0514. The van der Waals surface area contributed by atoms with Gasteiger partial charge in [0.05, 0.1) is 29.9 Å². The first kappa shape index (κ1) is 36.2. The van der Waals surface area contributed by atoms with Crippen LogP contribution in [0.1, 0.15) is 86.8 Å². The zero-order chi connectivity index (χ0) is 38.8. The lowest BCUT2D eigenvalue weighted by Gasteiger charge is -2.34. The van der Waals surface area contributed by atoms with Crippen LogP contribution in [0.2, 0.25) is 0 Å². The molecule has 1 unspecified atom stereocenters. The second-order valence-corrected chi connectivity index (χ2v) is 15.7. The van der Waals surface area contributed by atoms with Crippen molar-refractivity contribution in [3.05, 3.63) is 70.7 Å². The SMILES string of the molecule is C#Cc1ccc(COc2c(-c3c(C)c(F)cc4c3cnn4C3CCCCO3)c(C3CC3)cc3c(N4C[C@@H]5C[C@H]4CN5C(=O)O)nc(O[C@H](C)[C@@H](C)O)nc23)cc1. The Balaban J connectivity index is 1.30. The van der Waals surface area contributed by atoms with E-state index >= 15 is 4.39 Å². The molecule has 9 rings (SSSR count). The number of carboxylic acid groups (broad SMARTS) is 1. The number of piperazine rings is 1. The third-order valence-electron chi connectivity index (χ3n) is 12.0. The number of hydrogen-bond donors (Lipinski definition) is 2. The minimum atomic E-state index is -0.929. The number of likely N-dealkylation sites (tertiary alicyclic amines) is 1. The zero-order valence-corrected chi connectivity index (χ0v) is 31.7. The summed E-state index contributed by atoms with van der Waals surface area (Å²) in [5.41, 5.74) is 5.63. The smallest absolute Gasteiger partial charge is 0.407 e. The Morgan fingerprint density at radius 1 is 1.07 bits per heavy atom. The number of anilines is 1. The number of benzene rings is 3. The molecule has 1 amide bonds. The van der Waals surface area contributed by atoms with Crippen LogP contribution < -0.4 is 14.4 Å². The number of fused-ring (bicyclic) bond motifs is 4. The van der Waals surface area contributed by atoms with Gasteiger partial charge >= 0.3 is 12.1 Å². The van der Waals surface area contributed by atoms with Gasteiger partial charge in [-0.3, -0.25) is 0 Å². The van der Waals surface area contributed by atoms with Gasteiger partial charge in [-0.1, -0.05) is 18.1 Å². The van der Waals surface area contributed by atoms with E-state index in [0.717, 1.165) is 65.1 Å². The van der Waals surface area contributed by atoms with Crippen molar-refractivity contribution < 1.29 is 33.6 Å². The topological polar surface area (TPSA) is 135 Å². The molecule has 13 heteroatoms. The predicted molar refractivity (Wildman–Crippen MR) is 209 cm³/mol. The first-order valence-electron chi connectivity index (χ1n) is 19.6. The summed E-state index contributed by atoms with van der Waals surface area (Å²) in [6.45, 7) is 6.78. The maximum Gasteiger partial charge on any atom is 0.407 e. The molecule has 5 aromatic rings. The molecule has 1 aliphatic carbocycles. The Morgan fingerprint density at radius 3 is 2.54 bits per heavy atom. The van der Waals surface area contributed by atoms with Crippen molar-refractivity contribution >= 4 is 33.7 Å². The van der Waals surface area contributed by atoms with Crippen molar-refractivity contribution in [2.75, 3.05) is 24.6 Å². The van der Waals surface area contributed by atoms with E-state index in [1.807, 2.05) is 24.3 Å². The van der Waals surface area contributed by atoms with Crippen molar-refractivity contribution in [1.29, 1.82) is 0 Å². The van der Waals surface area contributed by atoms with Gasteiger partial charge in [-0.05, 0) is 100 Å². The molecular weight excluding hydrogens is 716 g/mol. The molecule has 12 nitrogen and oxygen atoms in total. The fourth-order valence-corrected chi connectivity index (χ4v) is 8.61. The van der Waals surface area contributed by atoms with Crippen LogP contribution in [0.3, 0.4) is 0 Å². The maximum atomic E-state index is 16.4. The van der Waals surface area contributed by atoms with Crippen LogP contribution in [0, 0.1) is 25.1 Å². The van der Waals surface area contributed by atoms with Crippen LogP contribution in [0.25, 0.3) is 32.9 Å². The summed E-state index contributed by atoms with van der Waals surface area (Å²) in [5, 5.41) is 26.6. The van der Waals surface area contributed by atoms with Gasteiger partial charge in [-0.25, -0.2) is 13.9 Å². The molecule has 4 aliphatic rings. The normalized spacial score (nSPS) is 21.8. The molecule has 2 aromatic heterocycles. The Bertz CT molecular complexity index is 2380. The largest absolute Gasteiger partial charge is 0.486 e. The van der Waals surface area contributed by atoms with Crippen LogP contribution in [0.4, 0.5) is 15.0 Å². The molecule has 2 bridgehead atoms. The van der Waals surface area contributed by atoms with Crippen LogP contribution >= 0.6 is 0 Å². The van der Waals surface area contributed by atoms with Crippen molar-refractivity contribution in [1.82, 2.24) is 24.6 Å². The lowest BCUT2D eigenvalue weighted by Crippen LogP contribution is -2.48. The number of terminal acetylenes is 1. The highest BCUT2D eigenvalue weighted by molar-refractivity contribution is 6.06. The Labute approximate surface area is 324 Å². The van der Waals surface area contributed by atoms with E-state index in [0.29, 0.717) is 59.8 Å². The van der Waals surface area contributed by atoms with Crippen molar-refractivity contribution in [3.8, 4) is 35.2 Å². The van der Waals surface area contributed by atoms with Gasteiger partial charge in [0, 0.05) is 53.2 Å². The third kappa shape index (κ3) is 6.34. The minimum Gasteiger partial charge on any atom is -0.486 e. The van der Waals surface area contributed by atoms with E-state index in [2.05, 4.69) is 16.9 Å². The average Bonchev–Trinajstić information content (AvgIpc) is 3.64. The quantitative estimate of drug-likeness (QED) is 0.140. The molecule has 2 N–H and O–H groups in total. The number of aromatic nitrogens is 4. The van der Waals surface area contributed by atoms with Gasteiger partial charge in [0.1, 0.15) is 29.9 Å². The molecular formula is C43H45FN6O6. The van der Waals surface area contributed by atoms with E-state index in [-0.39, 0.29) is 42.7 Å². The lowest BCUT2D eigenvalue weighted by molar-refractivity contribution is -0.0366. The molecule has 3 aromatic carbocycles. The number of aliphatic hydroxyl groups is 1. The summed E-state index contributed by atoms with van der Waals surface area (Å²) >= 11 is 0. The predicted octanol–water partition coefficient (Wildman–Crippen LogP) is 7.32. The summed E-state index contributed by atoms with van der Waals surface area (Å²) in [6.07, 6.45) is 10.1. The molecule has 4 fully saturated rings. The standard InChI is InChI=1S/C43H45FN6O6/c1-5-26-9-11-27(12-10-26)22-55-40-38(37-23(2)34(44)18-35-33(37)19-45-50(35)36-8-6-7-15-54-36)31(28-13-14-28)17-32-39(40)46-42(56-25(4)24(3)51)47-41(32)48-20-30-16-29(48)21-49(30)43(52)53/h1,9-12,17-19,24-25,28-30,36,51H,6-8,13-16,20-22H2,2-4H3,(H,52,53)/t24-,25-,29+,30+,36?/m1/s1. The van der Waals surface area contributed by atoms with Crippen LogP contribution in [0.15, 0.2) is 42.6 Å². The van der Waals surface area contributed by atoms with E-state index in [9.17, 15) is 15.0 Å². The molecule has 290 valence electrons. The average molecular weight is 761 g/mol. The zero-order valence-electron chi connectivity index (χ0n) is 31.7. The van der Waals surface area contributed by atoms with Gasteiger partial charge in [0.2, 0.25) is 0 Å². The van der Waals surface area contributed by atoms with Gasteiger partial charge in [-0.2, -0.15) is 15.1 Å². The van der Waals surface area contributed by atoms with Crippen molar-refractivity contribution in [2.24, 2.45) is 0 Å². The number of rotatable bonds is 10. The van der Waals surface area contributed by atoms with E-state index < -0.39 is 18.3 Å². The first-order chi connectivity index (χ1) is 27.1. The fraction of sp³-hybridized carbons (Fsp3) is 0.442. The van der Waals surface area contributed by atoms with Gasteiger partial charge in [-0.15, -0.1) is 6.42 Å². The number of ether oxygens (including phenoxy) is 3. The second kappa shape index (κ2) is 14.2. The Kier molecular flexibility index (Phi) is 9.21. The van der Waals surface area contributed by atoms with Gasteiger partial charge in [0.25, 0.3) is 0 Å². The third-order valence-corrected chi connectivity index (χ3v) is 12.0. The van der Waals surface area contributed by atoms with E-state index in [1.54, 1.807) is 37.7 Å². The molecule has 5 atom stereocenters. The molecule has 1 saturated carbocycles. The molecule has 3 saturated heterocycles. The number of aliphatic hydroxyl groups excluding tert-OH is 1. The summed E-state index contributed by atoms with van der Waals surface area (Å²) in [4.78, 5) is 25.7. The van der Waals surface area contributed by atoms with E-state index in [1.165, 1.54) is 4.90 Å². The van der Waals surface area contributed by atoms with E-state index in [4.69, 9.17) is 35.7 Å². The number of nitrogens with zero attached hydrogens (tertiary/aromatic N) is 6. The number of hydrogen-bond acceptors (Lipinski definition) is 9. The van der Waals surface area contributed by atoms with Gasteiger partial charge in [0.15, 0.2) is 12.0 Å². The highest BCUT2D eigenvalue weighted by Crippen LogP contribution is 2.54. The summed E-state index contributed by atoms with van der Waals surface area (Å²) in [5.74, 6) is 3.55. The van der Waals surface area contributed by atoms with Crippen LogP contribution in [-0.4, -0.2) is 84.9 Å². The maximum absolute atomic E-state index is 16.4. The summed E-state index contributed by atoms with van der Waals surface area (Å²) in [6, 6.07) is 11.0. The highest BCUT2D eigenvalue weighted by atomic mass is 19.1. The monoisotopic (exact) mass is 760 g/mol. The Morgan fingerprint density at radius 2 is 1.88 bits per heavy atom. The van der Waals surface area contributed by atoms with Crippen molar-refractivity contribution in [3.63, 3.8) is 0 Å². The molecule has 0 spiro atoms. The first-order valence-corrected chi connectivity index (χ1v) is 19.6. The molecule has 3 aliphatic heterocycles.